The van der Waals surface area contributed by atoms with Crippen LogP contribution >= 0.6 is 0 Å². The van der Waals surface area contributed by atoms with Gasteiger partial charge in [0.25, 0.3) is 0 Å². The van der Waals surface area contributed by atoms with Crippen molar-refractivity contribution in [2.75, 3.05) is 0 Å². The Morgan fingerprint density at radius 1 is 0.889 bits per heavy atom. The molecule has 0 saturated carbocycles. The SMILES string of the molecule is CC(C)c1cccc(O)c1CCc1ccccc1. The van der Waals surface area contributed by atoms with Gasteiger partial charge in [0.15, 0.2) is 0 Å². The number of aryl methyl sites for hydroxylation is 1. The number of aromatic hydroxyl groups is 1. The van der Waals surface area contributed by atoms with Crippen molar-refractivity contribution in [3.05, 3.63) is 65.2 Å². The number of phenolic OH excluding ortho intramolecular Hbond substituents is 1. The third-order valence-corrected chi connectivity index (χ3v) is 3.32. The van der Waals surface area contributed by atoms with Gasteiger partial charge in [-0.25, -0.2) is 0 Å². The van der Waals surface area contributed by atoms with E-state index in [1.54, 1.807) is 6.07 Å². The van der Waals surface area contributed by atoms with Crippen LogP contribution in [-0.4, -0.2) is 5.11 Å². The van der Waals surface area contributed by atoms with Crippen LogP contribution in [0.5, 0.6) is 5.75 Å². The molecule has 1 heteroatoms. The molecule has 0 aliphatic rings. The molecule has 0 heterocycles. The summed E-state index contributed by atoms with van der Waals surface area (Å²) < 4.78 is 0. The summed E-state index contributed by atoms with van der Waals surface area (Å²) in [7, 11) is 0. The average molecular weight is 240 g/mol. The molecule has 0 unspecified atom stereocenters. The zero-order valence-electron chi connectivity index (χ0n) is 11.1. The van der Waals surface area contributed by atoms with Crippen LogP contribution < -0.4 is 0 Å². The molecule has 1 nitrogen and oxygen atoms in total. The van der Waals surface area contributed by atoms with Gasteiger partial charge in [-0.15, -0.1) is 0 Å². The summed E-state index contributed by atoms with van der Waals surface area (Å²) in [5, 5.41) is 10.0. The quantitative estimate of drug-likeness (QED) is 0.844. The second-order valence-corrected chi connectivity index (χ2v) is 4.99. The molecule has 0 spiro atoms. The van der Waals surface area contributed by atoms with Gasteiger partial charge < -0.3 is 5.11 Å². The topological polar surface area (TPSA) is 20.2 Å². The van der Waals surface area contributed by atoms with E-state index in [1.807, 2.05) is 12.1 Å². The summed E-state index contributed by atoms with van der Waals surface area (Å²) in [6.45, 7) is 4.33. The molecule has 0 saturated heterocycles. The maximum Gasteiger partial charge on any atom is 0.119 e. The van der Waals surface area contributed by atoms with Crippen LogP contribution in [0.25, 0.3) is 0 Å². The molecular weight excluding hydrogens is 220 g/mol. The molecular formula is C17H20O. The van der Waals surface area contributed by atoms with E-state index in [9.17, 15) is 5.11 Å². The van der Waals surface area contributed by atoms with Crippen molar-refractivity contribution in [3.63, 3.8) is 0 Å². The molecule has 1 N–H and O–H groups in total. The van der Waals surface area contributed by atoms with Gasteiger partial charge in [0.1, 0.15) is 5.75 Å². The van der Waals surface area contributed by atoms with Crippen molar-refractivity contribution in [2.45, 2.75) is 32.6 Å². The lowest BCUT2D eigenvalue weighted by Crippen LogP contribution is -1.99. The molecule has 0 aliphatic carbocycles. The lowest BCUT2D eigenvalue weighted by atomic mass is 9.92. The maximum atomic E-state index is 10.0. The van der Waals surface area contributed by atoms with Crippen LogP contribution in [0.2, 0.25) is 0 Å². The van der Waals surface area contributed by atoms with E-state index in [-0.39, 0.29) is 0 Å². The Bertz CT molecular complexity index is 500. The van der Waals surface area contributed by atoms with Gasteiger partial charge in [0.2, 0.25) is 0 Å². The summed E-state index contributed by atoms with van der Waals surface area (Å²) in [6, 6.07) is 16.2. The van der Waals surface area contributed by atoms with E-state index >= 15 is 0 Å². The first-order chi connectivity index (χ1) is 8.68. The summed E-state index contributed by atoms with van der Waals surface area (Å²) in [5.74, 6) is 0.875. The van der Waals surface area contributed by atoms with Crippen molar-refractivity contribution in [1.29, 1.82) is 0 Å². The molecule has 0 amide bonds. The first kappa shape index (κ1) is 12.7. The zero-order chi connectivity index (χ0) is 13.0. The predicted molar refractivity (Wildman–Crippen MR) is 76.0 cm³/mol. The standard InChI is InChI=1S/C17H20O/c1-13(2)15-9-6-10-17(18)16(15)12-11-14-7-4-3-5-8-14/h3-10,13,18H,11-12H2,1-2H3. The van der Waals surface area contributed by atoms with Gasteiger partial charge in [-0.2, -0.15) is 0 Å². The largest absolute Gasteiger partial charge is 0.508 e. The van der Waals surface area contributed by atoms with Gasteiger partial charge >= 0.3 is 0 Å². The Hall–Kier alpha value is -1.76. The van der Waals surface area contributed by atoms with E-state index in [0.29, 0.717) is 11.7 Å². The van der Waals surface area contributed by atoms with E-state index in [4.69, 9.17) is 0 Å². The molecule has 0 bridgehead atoms. The number of benzene rings is 2. The predicted octanol–water partition coefficient (Wildman–Crippen LogP) is 4.30. The first-order valence-electron chi connectivity index (χ1n) is 6.53. The fourth-order valence-electron chi connectivity index (χ4n) is 2.32. The minimum Gasteiger partial charge on any atom is -0.508 e. The molecule has 0 aromatic heterocycles. The summed E-state index contributed by atoms with van der Waals surface area (Å²) in [5.41, 5.74) is 3.66. The monoisotopic (exact) mass is 240 g/mol. The van der Waals surface area contributed by atoms with Gasteiger partial charge in [-0.3, -0.25) is 0 Å². The molecule has 2 aromatic rings. The molecule has 0 atom stereocenters. The van der Waals surface area contributed by atoms with Gasteiger partial charge in [-0.1, -0.05) is 56.3 Å². The van der Waals surface area contributed by atoms with E-state index in [0.717, 1.165) is 18.4 Å². The second kappa shape index (κ2) is 5.72. The molecule has 0 aliphatic heterocycles. The fraction of sp³-hybridized carbons (Fsp3) is 0.294. The van der Waals surface area contributed by atoms with Crippen molar-refractivity contribution in [3.8, 4) is 5.75 Å². The first-order valence-corrected chi connectivity index (χ1v) is 6.53. The Morgan fingerprint density at radius 3 is 2.28 bits per heavy atom. The van der Waals surface area contributed by atoms with Crippen molar-refractivity contribution in [2.24, 2.45) is 0 Å². The van der Waals surface area contributed by atoms with Gasteiger partial charge in [0.05, 0.1) is 0 Å². The van der Waals surface area contributed by atoms with Crippen molar-refractivity contribution >= 4 is 0 Å². The number of hydrogen-bond acceptors (Lipinski definition) is 1. The Morgan fingerprint density at radius 2 is 1.61 bits per heavy atom. The molecule has 94 valence electrons. The van der Waals surface area contributed by atoms with Gasteiger partial charge in [0, 0.05) is 0 Å². The number of rotatable bonds is 4. The van der Waals surface area contributed by atoms with E-state index in [2.05, 4.69) is 44.2 Å². The Labute approximate surface area is 109 Å². The highest BCUT2D eigenvalue weighted by Crippen LogP contribution is 2.28. The zero-order valence-corrected chi connectivity index (χ0v) is 11.1. The van der Waals surface area contributed by atoms with Crippen LogP contribution in [0.1, 0.15) is 36.5 Å². The molecule has 2 aromatic carbocycles. The lowest BCUT2D eigenvalue weighted by molar-refractivity contribution is 0.466. The van der Waals surface area contributed by atoms with Crippen LogP contribution in [-0.2, 0) is 12.8 Å². The summed E-state index contributed by atoms with van der Waals surface area (Å²) in [4.78, 5) is 0. The van der Waals surface area contributed by atoms with Crippen LogP contribution in [0.15, 0.2) is 48.5 Å². The lowest BCUT2D eigenvalue weighted by Gasteiger charge is -2.14. The summed E-state index contributed by atoms with van der Waals surface area (Å²) in [6.07, 6.45) is 1.86. The highest BCUT2D eigenvalue weighted by atomic mass is 16.3. The Balaban J connectivity index is 2.19. The highest BCUT2D eigenvalue weighted by molar-refractivity contribution is 5.41. The molecule has 0 fully saturated rings. The smallest absolute Gasteiger partial charge is 0.119 e. The van der Waals surface area contributed by atoms with Crippen LogP contribution in [0, 0.1) is 0 Å². The minimum atomic E-state index is 0.428. The third kappa shape index (κ3) is 2.92. The normalized spacial score (nSPS) is 10.8. The number of phenols is 1. The third-order valence-electron chi connectivity index (χ3n) is 3.32. The highest BCUT2D eigenvalue weighted by Gasteiger charge is 2.10. The fourth-order valence-corrected chi connectivity index (χ4v) is 2.32. The number of hydrogen-bond donors (Lipinski definition) is 1. The van der Waals surface area contributed by atoms with Crippen molar-refractivity contribution < 1.29 is 5.11 Å². The molecule has 0 radical (unpaired) electrons. The second-order valence-electron chi connectivity index (χ2n) is 4.99. The van der Waals surface area contributed by atoms with E-state index in [1.165, 1.54) is 11.1 Å². The summed E-state index contributed by atoms with van der Waals surface area (Å²) >= 11 is 0. The Kier molecular flexibility index (Phi) is 4.03. The molecule has 18 heavy (non-hydrogen) atoms. The maximum absolute atomic E-state index is 10.0. The average Bonchev–Trinajstić information content (AvgIpc) is 2.38. The molecule has 2 rings (SSSR count). The van der Waals surface area contributed by atoms with Crippen molar-refractivity contribution in [1.82, 2.24) is 0 Å². The van der Waals surface area contributed by atoms with Crippen LogP contribution in [0.3, 0.4) is 0 Å². The van der Waals surface area contributed by atoms with Gasteiger partial charge in [-0.05, 0) is 41.5 Å². The van der Waals surface area contributed by atoms with Crippen LogP contribution in [0.4, 0.5) is 0 Å². The van der Waals surface area contributed by atoms with E-state index < -0.39 is 0 Å². The minimum absolute atomic E-state index is 0.428.